The Morgan fingerprint density at radius 1 is 1.50 bits per heavy atom. The zero-order valence-corrected chi connectivity index (χ0v) is 15.5. The maximum absolute atomic E-state index is 12.4. The molecule has 10 heteroatoms. The number of anilines is 1. The first-order chi connectivity index (χ1) is 12.3. The van der Waals surface area contributed by atoms with Crippen molar-refractivity contribution < 1.29 is 19.1 Å². The van der Waals surface area contributed by atoms with Crippen LogP contribution in [0.2, 0.25) is 5.02 Å². The zero-order chi connectivity index (χ0) is 19.3. The fourth-order valence-electron chi connectivity index (χ4n) is 2.85. The van der Waals surface area contributed by atoms with Gasteiger partial charge in [-0.1, -0.05) is 11.6 Å². The third kappa shape index (κ3) is 4.96. The molecule has 1 aromatic heterocycles. The standard InChI is InChI=1S/C16H23ClN4O5/c1-3-26-13(22)8-21-5-4-11(12(7-21)25-2)19-15(23)9-6-10(17)14(18)20-16(9)24/h6,11-12H,3-5,7-8H2,1-2H3,(H,19,23)(H3,18,20,24)/t11-,12+/m0/s1. The fourth-order valence-corrected chi connectivity index (χ4v) is 3.01. The highest BCUT2D eigenvalue weighted by Crippen LogP contribution is 2.17. The number of aromatic nitrogens is 1. The summed E-state index contributed by atoms with van der Waals surface area (Å²) >= 11 is 5.87. The van der Waals surface area contributed by atoms with Crippen LogP contribution in [0.5, 0.6) is 0 Å². The summed E-state index contributed by atoms with van der Waals surface area (Å²) in [6, 6.07) is 0.935. The number of esters is 1. The van der Waals surface area contributed by atoms with E-state index in [9.17, 15) is 14.4 Å². The maximum atomic E-state index is 12.4. The second-order valence-electron chi connectivity index (χ2n) is 5.96. The summed E-state index contributed by atoms with van der Waals surface area (Å²) in [6.07, 6.45) is 0.232. The van der Waals surface area contributed by atoms with Crippen LogP contribution >= 0.6 is 11.6 Å². The smallest absolute Gasteiger partial charge is 0.320 e. The number of H-pyrrole nitrogens is 1. The molecule has 9 nitrogen and oxygen atoms in total. The highest BCUT2D eigenvalue weighted by Gasteiger charge is 2.32. The molecule has 0 aromatic carbocycles. The first kappa shape index (κ1) is 20.2. The van der Waals surface area contributed by atoms with Crippen molar-refractivity contribution in [2.45, 2.75) is 25.5 Å². The number of rotatable bonds is 6. The highest BCUT2D eigenvalue weighted by molar-refractivity contribution is 6.33. The van der Waals surface area contributed by atoms with Gasteiger partial charge in [0.25, 0.3) is 11.5 Å². The van der Waals surface area contributed by atoms with Crippen LogP contribution < -0.4 is 16.6 Å². The first-order valence-corrected chi connectivity index (χ1v) is 8.63. The van der Waals surface area contributed by atoms with Crippen LogP contribution in [0.25, 0.3) is 0 Å². The second-order valence-corrected chi connectivity index (χ2v) is 6.36. The summed E-state index contributed by atoms with van der Waals surface area (Å²) in [6.45, 7) is 3.30. The molecule has 0 saturated carbocycles. The molecule has 0 unspecified atom stereocenters. The van der Waals surface area contributed by atoms with Crippen molar-refractivity contribution in [3.05, 3.63) is 27.0 Å². The van der Waals surface area contributed by atoms with Gasteiger partial charge in [-0.2, -0.15) is 0 Å². The fraction of sp³-hybridized carbons (Fsp3) is 0.562. The zero-order valence-electron chi connectivity index (χ0n) is 14.7. The van der Waals surface area contributed by atoms with Crippen LogP contribution in [0.15, 0.2) is 10.9 Å². The van der Waals surface area contributed by atoms with Gasteiger partial charge in [-0.05, 0) is 19.4 Å². The minimum atomic E-state index is -0.613. The van der Waals surface area contributed by atoms with Crippen molar-refractivity contribution >= 4 is 29.3 Å². The molecule has 1 amide bonds. The third-order valence-corrected chi connectivity index (χ3v) is 4.50. The minimum Gasteiger partial charge on any atom is -0.465 e. The van der Waals surface area contributed by atoms with E-state index < -0.39 is 11.5 Å². The van der Waals surface area contributed by atoms with E-state index in [0.717, 1.165) is 0 Å². The van der Waals surface area contributed by atoms with E-state index in [1.165, 1.54) is 13.2 Å². The lowest BCUT2D eigenvalue weighted by atomic mass is 10.0. The predicted molar refractivity (Wildman–Crippen MR) is 96.2 cm³/mol. The molecule has 0 spiro atoms. The minimum absolute atomic E-state index is 0.00950. The summed E-state index contributed by atoms with van der Waals surface area (Å²) in [7, 11) is 1.53. The first-order valence-electron chi connectivity index (χ1n) is 8.25. The lowest BCUT2D eigenvalue weighted by Crippen LogP contribution is -2.56. The van der Waals surface area contributed by atoms with Crippen LogP contribution in [-0.2, 0) is 14.3 Å². The topological polar surface area (TPSA) is 127 Å². The molecule has 1 saturated heterocycles. The number of pyridine rings is 1. The van der Waals surface area contributed by atoms with E-state index >= 15 is 0 Å². The number of nitrogens with zero attached hydrogens (tertiary/aromatic N) is 1. The van der Waals surface area contributed by atoms with Gasteiger partial charge in [0.05, 0.1) is 30.3 Å². The SMILES string of the molecule is CCOC(=O)CN1CC[C@H](NC(=O)c2cc(Cl)c(N)[nH]c2=O)[C@H](OC)C1. The number of methoxy groups -OCH3 is 1. The molecule has 1 aliphatic rings. The van der Waals surface area contributed by atoms with E-state index in [4.69, 9.17) is 26.8 Å². The normalized spacial score (nSPS) is 20.6. The van der Waals surface area contributed by atoms with E-state index in [0.29, 0.717) is 26.1 Å². The molecular weight excluding hydrogens is 364 g/mol. The van der Waals surface area contributed by atoms with Crippen molar-refractivity contribution in [1.82, 2.24) is 15.2 Å². The number of amides is 1. The second kappa shape index (κ2) is 9.02. The number of aromatic amines is 1. The van der Waals surface area contributed by atoms with Crippen LogP contribution in [0, 0.1) is 0 Å². The number of hydrogen-bond acceptors (Lipinski definition) is 7. The van der Waals surface area contributed by atoms with Crippen molar-refractivity contribution in [2.75, 3.05) is 39.1 Å². The molecule has 4 N–H and O–H groups in total. The molecule has 26 heavy (non-hydrogen) atoms. The molecule has 144 valence electrons. The number of hydrogen-bond donors (Lipinski definition) is 3. The van der Waals surface area contributed by atoms with Crippen molar-refractivity contribution in [3.63, 3.8) is 0 Å². The number of carbonyl (C=O) groups is 2. The number of ether oxygens (including phenoxy) is 2. The Morgan fingerprint density at radius 2 is 2.23 bits per heavy atom. The molecule has 1 aliphatic heterocycles. The van der Waals surface area contributed by atoms with E-state index in [1.807, 2.05) is 4.90 Å². The van der Waals surface area contributed by atoms with Gasteiger partial charge in [-0.25, -0.2) is 0 Å². The molecule has 2 heterocycles. The van der Waals surface area contributed by atoms with E-state index in [2.05, 4.69) is 10.3 Å². The average Bonchev–Trinajstić information content (AvgIpc) is 2.59. The summed E-state index contributed by atoms with van der Waals surface area (Å²) in [4.78, 5) is 40.2. The predicted octanol–water partition coefficient (Wildman–Crippen LogP) is -0.00730. The molecule has 1 aromatic rings. The van der Waals surface area contributed by atoms with Crippen molar-refractivity contribution in [1.29, 1.82) is 0 Å². The number of piperidine rings is 1. The van der Waals surface area contributed by atoms with Crippen LogP contribution in [-0.4, -0.2) is 67.3 Å². The Kier molecular flexibility index (Phi) is 7.01. The Bertz CT molecular complexity index is 723. The van der Waals surface area contributed by atoms with Crippen molar-refractivity contribution in [2.24, 2.45) is 0 Å². The molecular formula is C16H23ClN4O5. The Balaban J connectivity index is 2.01. The summed E-state index contributed by atoms with van der Waals surface area (Å²) < 4.78 is 10.4. The van der Waals surface area contributed by atoms with Crippen molar-refractivity contribution in [3.8, 4) is 0 Å². The molecule has 2 atom stereocenters. The van der Waals surface area contributed by atoms with Crippen LogP contribution in [0.3, 0.4) is 0 Å². The molecule has 0 bridgehead atoms. The van der Waals surface area contributed by atoms with Gasteiger partial charge in [-0.3, -0.25) is 19.3 Å². The third-order valence-electron chi connectivity index (χ3n) is 4.19. The molecule has 0 radical (unpaired) electrons. The van der Waals surface area contributed by atoms with E-state index in [1.54, 1.807) is 6.92 Å². The van der Waals surface area contributed by atoms with Gasteiger partial charge in [0.1, 0.15) is 11.4 Å². The number of nitrogens with one attached hydrogen (secondary N) is 2. The molecule has 0 aliphatic carbocycles. The lowest BCUT2D eigenvalue weighted by Gasteiger charge is -2.37. The number of likely N-dealkylation sites (tertiary alicyclic amines) is 1. The van der Waals surface area contributed by atoms with Gasteiger partial charge in [0.15, 0.2) is 0 Å². The van der Waals surface area contributed by atoms with Crippen LogP contribution in [0.4, 0.5) is 5.82 Å². The number of carbonyl (C=O) groups excluding carboxylic acids is 2. The molecule has 1 fully saturated rings. The van der Waals surface area contributed by atoms with Gasteiger partial charge >= 0.3 is 5.97 Å². The Morgan fingerprint density at radius 3 is 2.88 bits per heavy atom. The van der Waals surface area contributed by atoms with Gasteiger partial charge in [0, 0.05) is 20.2 Å². The maximum Gasteiger partial charge on any atom is 0.320 e. The van der Waals surface area contributed by atoms with Gasteiger partial charge < -0.3 is 25.5 Å². The summed E-state index contributed by atoms with van der Waals surface area (Å²) in [5.41, 5.74) is 4.78. The summed E-state index contributed by atoms with van der Waals surface area (Å²) in [5, 5.41) is 2.90. The monoisotopic (exact) mass is 386 g/mol. The quantitative estimate of drug-likeness (QED) is 0.587. The largest absolute Gasteiger partial charge is 0.465 e. The Labute approximate surface area is 155 Å². The highest BCUT2D eigenvalue weighted by atomic mass is 35.5. The van der Waals surface area contributed by atoms with Crippen LogP contribution in [0.1, 0.15) is 23.7 Å². The van der Waals surface area contributed by atoms with E-state index in [-0.39, 0.29) is 41.1 Å². The molecule has 2 rings (SSSR count). The number of nitrogen functional groups attached to an aromatic ring is 1. The average molecular weight is 387 g/mol. The van der Waals surface area contributed by atoms with Gasteiger partial charge in [0.2, 0.25) is 0 Å². The number of nitrogens with two attached hydrogens (primary N) is 1. The Hall–Kier alpha value is -2.10. The number of halogens is 1. The van der Waals surface area contributed by atoms with Gasteiger partial charge in [-0.15, -0.1) is 0 Å². The summed E-state index contributed by atoms with van der Waals surface area (Å²) in [5.74, 6) is -0.845. The lowest BCUT2D eigenvalue weighted by molar-refractivity contribution is -0.145.